The Morgan fingerprint density at radius 3 is 2.48 bits per heavy atom. The number of amides is 1. The van der Waals surface area contributed by atoms with Gasteiger partial charge in [0.25, 0.3) is 5.91 Å². The molecule has 1 amide bonds. The second-order valence-corrected chi connectivity index (χ2v) is 7.51. The Kier molecular flexibility index (Phi) is 6.11. The molecular weight excluding hydrogens is 467 g/mol. The maximum absolute atomic E-state index is 11.6. The minimum Gasteiger partial charge on any atom is -0.494 e. The van der Waals surface area contributed by atoms with E-state index in [-0.39, 0.29) is 11.6 Å². The van der Waals surface area contributed by atoms with E-state index in [9.17, 15) is 9.90 Å². The molecule has 0 aliphatic heterocycles. The van der Waals surface area contributed by atoms with Gasteiger partial charge in [0.05, 0.1) is 33.3 Å². The van der Waals surface area contributed by atoms with Crippen molar-refractivity contribution < 1.29 is 9.90 Å². The quantitative estimate of drug-likeness (QED) is 0.251. The van der Waals surface area contributed by atoms with Crippen molar-refractivity contribution in [2.75, 3.05) is 10.6 Å². The molecule has 12 heteroatoms. The maximum Gasteiger partial charge on any atom is 0.268 e. The van der Waals surface area contributed by atoms with Gasteiger partial charge in [-0.3, -0.25) is 15.2 Å². The summed E-state index contributed by atoms with van der Waals surface area (Å²) in [5.41, 5.74) is 6.68. The summed E-state index contributed by atoms with van der Waals surface area (Å²) in [6, 6.07) is 13.2. The van der Waals surface area contributed by atoms with Gasteiger partial charge in [0.1, 0.15) is 11.4 Å². The lowest BCUT2D eigenvalue weighted by atomic mass is 10.2. The van der Waals surface area contributed by atoms with Gasteiger partial charge >= 0.3 is 0 Å². The van der Waals surface area contributed by atoms with Crippen molar-refractivity contribution in [1.82, 2.24) is 19.6 Å². The number of nitrogens with zero attached hydrogens (tertiary/aromatic N) is 4. The summed E-state index contributed by atoms with van der Waals surface area (Å²) >= 11 is 12.3. The molecule has 166 valence electrons. The van der Waals surface area contributed by atoms with Crippen molar-refractivity contribution >= 4 is 51.8 Å². The summed E-state index contributed by atoms with van der Waals surface area (Å²) in [6.07, 6.45) is 2.83. The summed E-state index contributed by atoms with van der Waals surface area (Å²) in [5, 5.41) is 32.8. The highest BCUT2D eigenvalue weighted by atomic mass is 35.5. The number of halogens is 2. The fourth-order valence-corrected chi connectivity index (χ4v) is 3.44. The third-order valence-corrected chi connectivity index (χ3v) is 5.15. The zero-order valence-corrected chi connectivity index (χ0v) is 18.3. The van der Waals surface area contributed by atoms with Gasteiger partial charge in [-0.25, -0.2) is 4.40 Å². The molecule has 0 saturated heterocycles. The third kappa shape index (κ3) is 4.56. The first-order valence-corrected chi connectivity index (χ1v) is 10.2. The molecule has 10 nitrogen and oxygen atoms in total. The molecule has 0 fully saturated rings. The lowest BCUT2D eigenvalue weighted by molar-refractivity contribution is -0.112. The van der Waals surface area contributed by atoms with E-state index in [1.165, 1.54) is 22.9 Å². The van der Waals surface area contributed by atoms with Crippen molar-refractivity contribution in [2.45, 2.75) is 0 Å². The molecule has 6 N–H and O–H groups in total. The van der Waals surface area contributed by atoms with Crippen molar-refractivity contribution in [3.63, 3.8) is 0 Å². The Balaban J connectivity index is 1.61. The van der Waals surface area contributed by atoms with Crippen LogP contribution in [0.3, 0.4) is 0 Å². The Morgan fingerprint density at radius 1 is 1.09 bits per heavy atom. The molecule has 3 heterocycles. The number of para-hydroxylation sites is 1. The number of aromatic hydroxyl groups is 1. The fraction of sp³-hybridized carbons (Fsp3) is 0. The SMILES string of the molecule is N=C(C(N)=O)/C(=C\Nc1c(Cl)cccc1Cl)Nc1ccc(-c2nnc3cccc(O)n23)nc1. The van der Waals surface area contributed by atoms with Gasteiger partial charge in [-0.1, -0.05) is 35.3 Å². The van der Waals surface area contributed by atoms with Crippen LogP contribution in [0.5, 0.6) is 5.88 Å². The summed E-state index contributed by atoms with van der Waals surface area (Å²) in [4.78, 5) is 16.0. The molecule has 0 atom stereocenters. The van der Waals surface area contributed by atoms with E-state index in [0.29, 0.717) is 38.6 Å². The summed E-state index contributed by atoms with van der Waals surface area (Å²) in [6.45, 7) is 0. The van der Waals surface area contributed by atoms with Gasteiger partial charge in [0, 0.05) is 6.20 Å². The highest BCUT2D eigenvalue weighted by Gasteiger charge is 2.15. The van der Waals surface area contributed by atoms with Crippen molar-refractivity contribution in [2.24, 2.45) is 5.73 Å². The number of pyridine rings is 2. The average Bonchev–Trinajstić information content (AvgIpc) is 3.23. The highest BCUT2D eigenvalue weighted by molar-refractivity contribution is 6.44. The summed E-state index contributed by atoms with van der Waals surface area (Å²) < 4.78 is 1.46. The molecule has 0 bridgehead atoms. The zero-order chi connectivity index (χ0) is 23.5. The van der Waals surface area contributed by atoms with E-state index in [1.807, 2.05) is 0 Å². The number of nitrogens with two attached hydrogens (primary N) is 1. The zero-order valence-electron chi connectivity index (χ0n) is 16.8. The van der Waals surface area contributed by atoms with E-state index in [2.05, 4.69) is 25.8 Å². The molecule has 0 radical (unpaired) electrons. The highest BCUT2D eigenvalue weighted by Crippen LogP contribution is 2.30. The molecule has 0 aliphatic carbocycles. The molecule has 0 aliphatic rings. The van der Waals surface area contributed by atoms with Gasteiger partial charge in [-0.2, -0.15) is 0 Å². The van der Waals surface area contributed by atoms with Gasteiger partial charge in [0.2, 0.25) is 0 Å². The van der Waals surface area contributed by atoms with Crippen molar-refractivity contribution in [1.29, 1.82) is 5.41 Å². The van der Waals surface area contributed by atoms with Crippen LogP contribution in [0.25, 0.3) is 17.2 Å². The predicted octanol–water partition coefficient (Wildman–Crippen LogP) is 3.67. The van der Waals surface area contributed by atoms with E-state index < -0.39 is 11.6 Å². The molecule has 4 rings (SSSR count). The standard InChI is InChI=1S/C21H16Cl2N8O2/c22-12-3-1-4-13(23)19(12)27-10-15(18(24)20(25)33)28-11-7-8-14(26-9-11)21-30-29-16-5-2-6-17(32)31(16)21/h1-10,24,27-28,32H,(H2,25,33)/b15-10+,24-18?. The lowest BCUT2D eigenvalue weighted by Gasteiger charge is -2.13. The number of benzene rings is 1. The first-order chi connectivity index (χ1) is 15.8. The third-order valence-electron chi connectivity index (χ3n) is 4.52. The molecule has 3 aromatic heterocycles. The van der Waals surface area contributed by atoms with Crippen LogP contribution in [-0.4, -0.2) is 36.3 Å². The topological polar surface area (TPSA) is 154 Å². The molecule has 0 unspecified atom stereocenters. The largest absolute Gasteiger partial charge is 0.494 e. The van der Waals surface area contributed by atoms with Crippen LogP contribution >= 0.6 is 23.2 Å². The van der Waals surface area contributed by atoms with Crippen LogP contribution in [-0.2, 0) is 4.79 Å². The lowest BCUT2D eigenvalue weighted by Crippen LogP contribution is -2.27. The number of hydrogen-bond donors (Lipinski definition) is 5. The molecule has 1 aromatic carbocycles. The second-order valence-electron chi connectivity index (χ2n) is 6.70. The number of carbonyl (C=O) groups excluding carboxylic acids is 1. The number of carbonyl (C=O) groups is 1. The smallest absolute Gasteiger partial charge is 0.268 e. The Morgan fingerprint density at radius 2 is 1.82 bits per heavy atom. The van der Waals surface area contributed by atoms with Crippen LogP contribution in [0.4, 0.5) is 11.4 Å². The number of hydrogen-bond acceptors (Lipinski definition) is 8. The van der Waals surface area contributed by atoms with E-state index in [1.54, 1.807) is 42.5 Å². The Hall–Kier alpha value is -4.15. The predicted molar refractivity (Wildman–Crippen MR) is 127 cm³/mol. The van der Waals surface area contributed by atoms with Crippen LogP contribution in [0.2, 0.25) is 10.0 Å². The van der Waals surface area contributed by atoms with E-state index in [4.69, 9.17) is 34.3 Å². The number of primary amides is 1. The van der Waals surface area contributed by atoms with Gasteiger partial charge in [-0.15, -0.1) is 10.2 Å². The molecular formula is C21H16Cl2N8O2. The molecule has 0 spiro atoms. The monoisotopic (exact) mass is 482 g/mol. The molecule has 33 heavy (non-hydrogen) atoms. The number of aromatic nitrogens is 4. The number of rotatable bonds is 7. The number of anilines is 2. The summed E-state index contributed by atoms with van der Waals surface area (Å²) in [7, 11) is 0. The van der Waals surface area contributed by atoms with E-state index in [0.717, 1.165) is 0 Å². The molecule has 0 saturated carbocycles. The number of nitrogens with one attached hydrogen (secondary N) is 3. The van der Waals surface area contributed by atoms with E-state index >= 15 is 0 Å². The first-order valence-electron chi connectivity index (χ1n) is 9.41. The minimum atomic E-state index is -0.934. The average molecular weight is 483 g/mol. The van der Waals surface area contributed by atoms with Crippen LogP contribution in [0.15, 0.2) is 66.6 Å². The van der Waals surface area contributed by atoms with Crippen molar-refractivity contribution in [3.05, 3.63) is 76.7 Å². The minimum absolute atomic E-state index is 0.0269. The first kappa shape index (κ1) is 22.1. The van der Waals surface area contributed by atoms with Crippen LogP contribution in [0.1, 0.15) is 0 Å². The number of fused-ring (bicyclic) bond motifs is 1. The Labute approximate surface area is 197 Å². The second kappa shape index (κ2) is 9.15. The van der Waals surface area contributed by atoms with Gasteiger partial charge in [-0.05, 0) is 36.4 Å². The summed E-state index contributed by atoms with van der Waals surface area (Å²) in [5.74, 6) is -0.609. The van der Waals surface area contributed by atoms with Gasteiger partial charge < -0.3 is 21.5 Å². The Bertz CT molecular complexity index is 1380. The van der Waals surface area contributed by atoms with Gasteiger partial charge in [0.15, 0.2) is 17.4 Å². The fourth-order valence-electron chi connectivity index (χ4n) is 2.93. The molecule has 4 aromatic rings. The van der Waals surface area contributed by atoms with Crippen LogP contribution in [0, 0.1) is 5.41 Å². The maximum atomic E-state index is 11.6. The van der Waals surface area contributed by atoms with Crippen LogP contribution < -0.4 is 16.4 Å². The van der Waals surface area contributed by atoms with Crippen molar-refractivity contribution in [3.8, 4) is 17.4 Å². The normalized spacial score (nSPS) is 11.4.